The number of carbonyl (C=O) groups excluding carboxylic acids is 1. The van der Waals surface area contributed by atoms with E-state index in [1.165, 1.54) is 57.8 Å². The van der Waals surface area contributed by atoms with Gasteiger partial charge in [-0.2, -0.15) is 0 Å². The van der Waals surface area contributed by atoms with Crippen LogP contribution in [0.4, 0.5) is 0 Å². The van der Waals surface area contributed by atoms with Crippen LogP contribution in [0.15, 0.2) is 0 Å². The SMILES string of the molecule is CCCCCCC(CC)C(CCC)(CCCCCC)C(=O)O[SiH3]. The molecule has 0 spiro atoms. The van der Waals surface area contributed by atoms with Crippen LogP contribution < -0.4 is 0 Å². The van der Waals surface area contributed by atoms with Crippen LogP contribution in [0.3, 0.4) is 0 Å². The van der Waals surface area contributed by atoms with Gasteiger partial charge in [0.15, 0.2) is 0 Å². The van der Waals surface area contributed by atoms with Gasteiger partial charge in [0.05, 0.1) is 5.41 Å². The fourth-order valence-electron chi connectivity index (χ4n) is 4.11. The van der Waals surface area contributed by atoms with E-state index in [1.807, 2.05) is 0 Å². The molecule has 0 N–H and O–H groups in total. The fourth-order valence-corrected chi connectivity index (χ4v) is 4.52. The summed E-state index contributed by atoms with van der Waals surface area (Å²) < 4.78 is 5.44. The molecule has 2 atom stereocenters. The Morgan fingerprint density at radius 2 is 1.48 bits per heavy atom. The Bertz CT molecular complexity index is 293. The first-order chi connectivity index (χ1) is 11.1. The van der Waals surface area contributed by atoms with Crippen LogP contribution in [-0.2, 0) is 9.22 Å². The Kier molecular flexibility index (Phi) is 13.9. The van der Waals surface area contributed by atoms with Crippen molar-refractivity contribution in [1.29, 1.82) is 0 Å². The summed E-state index contributed by atoms with van der Waals surface area (Å²) in [5.74, 6) is 0.618. The predicted molar refractivity (Wildman–Crippen MR) is 105 cm³/mol. The molecule has 0 aromatic rings. The molecule has 0 aliphatic carbocycles. The maximum absolute atomic E-state index is 12.8. The van der Waals surface area contributed by atoms with Crippen LogP contribution in [0.5, 0.6) is 0 Å². The first kappa shape index (κ1) is 22.7. The second kappa shape index (κ2) is 14.1. The molecule has 3 heteroatoms. The van der Waals surface area contributed by atoms with Crippen molar-refractivity contribution in [3.8, 4) is 0 Å². The van der Waals surface area contributed by atoms with Gasteiger partial charge in [0.2, 0.25) is 10.5 Å². The normalized spacial score (nSPS) is 15.3. The highest BCUT2D eigenvalue weighted by Gasteiger charge is 2.43. The highest BCUT2D eigenvalue weighted by molar-refractivity contribution is 6.06. The maximum atomic E-state index is 12.8. The minimum absolute atomic E-state index is 0.116. The lowest BCUT2D eigenvalue weighted by Gasteiger charge is -2.39. The monoisotopic (exact) mass is 342 g/mol. The van der Waals surface area contributed by atoms with Crippen molar-refractivity contribution in [3.05, 3.63) is 0 Å². The van der Waals surface area contributed by atoms with E-state index in [1.54, 1.807) is 0 Å². The molecule has 0 fully saturated rings. The van der Waals surface area contributed by atoms with E-state index in [0.717, 1.165) is 25.7 Å². The topological polar surface area (TPSA) is 26.3 Å². The van der Waals surface area contributed by atoms with Gasteiger partial charge in [0.25, 0.3) is 5.97 Å². The minimum atomic E-state index is -0.203. The third kappa shape index (κ3) is 7.87. The molecule has 0 aromatic carbocycles. The van der Waals surface area contributed by atoms with Gasteiger partial charge in [-0.3, -0.25) is 4.79 Å². The lowest BCUT2D eigenvalue weighted by atomic mass is 9.66. The highest BCUT2D eigenvalue weighted by Crippen LogP contribution is 2.44. The summed E-state index contributed by atoms with van der Waals surface area (Å²) in [6.07, 6.45) is 15.6. The van der Waals surface area contributed by atoms with Crippen molar-refractivity contribution >= 4 is 16.5 Å². The summed E-state index contributed by atoms with van der Waals surface area (Å²) in [6, 6.07) is 0. The lowest BCUT2D eigenvalue weighted by Crippen LogP contribution is -2.40. The summed E-state index contributed by atoms with van der Waals surface area (Å²) in [5.41, 5.74) is -0.203. The van der Waals surface area contributed by atoms with Gasteiger partial charge >= 0.3 is 0 Å². The molecule has 0 rings (SSSR count). The largest absolute Gasteiger partial charge is 0.528 e. The zero-order chi connectivity index (χ0) is 17.6. The zero-order valence-electron chi connectivity index (χ0n) is 16.6. The van der Waals surface area contributed by atoms with Crippen LogP contribution >= 0.6 is 0 Å². The van der Waals surface area contributed by atoms with Gasteiger partial charge in [0, 0.05) is 0 Å². The van der Waals surface area contributed by atoms with Crippen molar-refractivity contribution < 1.29 is 9.22 Å². The summed E-state index contributed by atoms with van der Waals surface area (Å²) in [5, 5.41) is 0. The molecule has 0 amide bonds. The van der Waals surface area contributed by atoms with Crippen LogP contribution in [0.2, 0.25) is 0 Å². The van der Waals surface area contributed by atoms with Gasteiger partial charge in [-0.15, -0.1) is 0 Å². The van der Waals surface area contributed by atoms with Crippen molar-refractivity contribution in [1.82, 2.24) is 0 Å². The van der Waals surface area contributed by atoms with E-state index in [2.05, 4.69) is 27.7 Å². The number of rotatable bonds is 15. The molecule has 23 heavy (non-hydrogen) atoms. The highest BCUT2D eigenvalue weighted by atomic mass is 28.2. The summed E-state index contributed by atoms with van der Waals surface area (Å²) >= 11 is 0. The average molecular weight is 343 g/mol. The quantitative estimate of drug-likeness (QED) is 0.287. The van der Waals surface area contributed by atoms with Gasteiger partial charge in [-0.25, -0.2) is 0 Å². The molecule has 0 saturated carbocycles. The Hall–Kier alpha value is -0.313. The third-order valence-corrected chi connectivity index (χ3v) is 5.82. The molecule has 0 aliphatic rings. The molecule has 0 aliphatic heterocycles. The van der Waals surface area contributed by atoms with Crippen LogP contribution in [0.25, 0.3) is 0 Å². The number of carbonyl (C=O) groups is 1. The number of hydrogen-bond donors (Lipinski definition) is 0. The first-order valence-electron chi connectivity index (χ1n) is 10.2. The van der Waals surface area contributed by atoms with Gasteiger partial charge < -0.3 is 4.43 Å². The van der Waals surface area contributed by atoms with Crippen LogP contribution in [-0.4, -0.2) is 16.5 Å². The Labute approximate surface area is 148 Å². The third-order valence-electron chi connectivity index (χ3n) is 5.44. The molecule has 0 bridgehead atoms. The molecule has 0 saturated heterocycles. The van der Waals surface area contributed by atoms with Gasteiger partial charge in [-0.1, -0.05) is 91.9 Å². The minimum Gasteiger partial charge on any atom is -0.528 e. The van der Waals surface area contributed by atoms with Gasteiger partial charge in [0.1, 0.15) is 0 Å². The molecule has 0 heterocycles. The van der Waals surface area contributed by atoms with Crippen molar-refractivity contribution in [2.24, 2.45) is 11.3 Å². The molecular weight excluding hydrogens is 300 g/mol. The standard InChI is InChI=1S/C20H42O2Si/c1-5-9-11-13-15-18(8-4)20(16-7-3,19(21)22-23)17-14-12-10-6-2/h18H,5-17H2,1-4,23H3. The van der Waals surface area contributed by atoms with E-state index >= 15 is 0 Å². The van der Waals surface area contributed by atoms with Crippen LogP contribution in [0, 0.1) is 11.3 Å². The van der Waals surface area contributed by atoms with Gasteiger partial charge in [-0.05, 0) is 25.2 Å². The lowest BCUT2D eigenvalue weighted by molar-refractivity contribution is -0.151. The Morgan fingerprint density at radius 3 is 1.96 bits per heavy atom. The smallest absolute Gasteiger partial charge is 0.298 e. The molecule has 138 valence electrons. The zero-order valence-corrected chi connectivity index (χ0v) is 18.6. The van der Waals surface area contributed by atoms with Crippen LogP contribution in [0.1, 0.15) is 111 Å². The van der Waals surface area contributed by atoms with E-state index in [9.17, 15) is 4.79 Å². The molecular formula is C20H42O2Si. The first-order valence-corrected chi connectivity index (χ1v) is 11.0. The second-order valence-electron chi connectivity index (χ2n) is 7.16. The molecule has 0 aromatic heterocycles. The number of unbranched alkanes of at least 4 members (excludes halogenated alkanes) is 6. The number of hydrogen-bond acceptors (Lipinski definition) is 2. The van der Waals surface area contributed by atoms with Crippen molar-refractivity contribution in [2.75, 3.05) is 0 Å². The molecule has 2 nitrogen and oxygen atoms in total. The van der Waals surface area contributed by atoms with Crippen molar-refractivity contribution in [3.63, 3.8) is 0 Å². The Morgan fingerprint density at radius 1 is 0.870 bits per heavy atom. The van der Waals surface area contributed by atoms with Crippen molar-refractivity contribution in [2.45, 2.75) is 111 Å². The maximum Gasteiger partial charge on any atom is 0.298 e. The summed E-state index contributed by atoms with van der Waals surface area (Å²) in [4.78, 5) is 12.8. The molecule has 0 radical (unpaired) electrons. The Balaban J connectivity index is 5.02. The summed E-state index contributed by atoms with van der Waals surface area (Å²) in [7, 11) is 0.526. The van der Waals surface area contributed by atoms with E-state index in [0.29, 0.717) is 16.4 Å². The summed E-state index contributed by atoms with van der Waals surface area (Å²) in [6.45, 7) is 8.98. The van der Waals surface area contributed by atoms with E-state index in [-0.39, 0.29) is 11.4 Å². The average Bonchev–Trinajstić information content (AvgIpc) is 2.57. The predicted octanol–water partition coefficient (Wildman–Crippen LogP) is 5.56. The second-order valence-corrected chi connectivity index (χ2v) is 7.57. The fraction of sp³-hybridized carbons (Fsp3) is 0.950. The van der Waals surface area contributed by atoms with E-state index < -0.39 is 0 Å². The van der Waals surface area contributed by atoms with E-state index in [4.69, 9.17) is 4.43 Å². The molecule has 2 unspecified atom stereocenters.